The number of ether oxygens (including phenoxy) is 1. The van der Waals surface area contributed by atoms with Gasteiger partial charge in [-0.3, -0.25) is 0 Å². The molecule has 0 amide bonds. The summed E-state index contributed by atoms with van der Waals surface area (Å²) < 4.78 is 4.51. The van der Waals surface area contributed by atoms with Crippen LogP contribution in [0, 0.1) is 11.8 Å². The summed E-state index contributed by atoms with van der Waals surface area (Å²) in [5.41, 5.74) is 0.630. The topological polar surface area (TPSA) is 46.5 Å². The molecule has 0 aromatic heterocycles. The third-order valence-electron chi connectivity index (χ3n) is 2.03. The third-order valence-corrected chi connectivity index (χ3v) is 2.03. The van der Waals surface area contributed by atoms with Crippen LogP contribution in [0.3, 0.4) is 0 Å². The van der Waals surface area contributed by atoms with Crippen LogP contribution >= 0.6 is 0 Å². The quantitative estimate of drug-likeness (QED) is 0.325. The first-order valence-electron chi connectivity index (χ1n) is 5.62. The van der Waals surface area contributed by atoms with E-state index in [9.17, 15) is 4.79 Å². The van der Waals surface area contributed by atoms with Gasteiger partial charge < -0.3 is 9.84 Å². The largest absolute Gasteiger partial charge is 0.466 e. The maximum absolute atomic E-state index is 11.0. The molecule has 16 heavy (non-hydrogen) atoms. The molecular weight excluding hydrogens is 204 g/mol. The number of methoxy groups -OCH3 is 1. The predicted molar refractivity (Wildman–Crippen MR) is 63.7 cm³/mol. The highest BCUT2D eigenvalue weighted by Gasteiger charge is 1.98. The van der Waals surface area contributed by atoms with Crippen molar-refractivity contribution in [1.29, 1.82) is 0 Å². The van der Waals surface area contributed by atoms with Crippen LogP contribution in [-0.4, -0.2) is 24.8 Å². The fourth-order valence-corrected chi connectivity index (χ4v) is 1.13. The zero-order chi connectivity index (χ0) is 12.2. The van der Waals surface area contributed by atoms with E-state index < -0.39 is 5.97 Å². The Balaban J connectivity index is 4.21. The summed E-state index contributed by atoms with van der Waals surface area (Å²) in [5, 5.41) is 8.80. The SMILES string of the molecule is CCCCCC#C/C(=C/C(=O)OC)CCO. The molecule has 90 valence electrons. The lowest BCUT2D eigenvalue weighted by atomic mass is 10.1. The van der Waals surface area contributed by atoms with Gasteiger partial charge in [0.15, 0.2) is 0 Å². The molecule has 0 atom stereocenters. The highest BCUT2D eigenvalue weighted by atomic mass is 16.5. The number of carbonyl (C=O) groups excluding carboxylic acids is 1. The van der Waals surface area contributed by atoms with E-state index in [1.165, 1.54) is 26.0 Å². The number of esters is 1. The Labute approximate surface area is 97.5 Å². The van der Waals surface area contributed by atoms with Crippen molar-refractivity contribution in [2.75, 3.05) is 13.7 Å². The number of hydrogen-bond acceptors (Lipinski definition) is 3. The van der Waals surface area contributed by atoms with Crippen molar-refractivity contribution in [3.8, 4) is 11.8 Å². The summed E-state index contributed by atoms with van der Waals surface area (Å²) in [6.07, 6.45) is 5.98. The number of aliphatic hydroxyl groups excluding tert-OH is 1. The molecule has 0 aliphatic rings. The van der Waals surface area contributed by atoms with Gasteiger partial charge in [0.2, 0.25) is 0 Å². The summed E-state index contributed by atoms with van der Waals surface area (Å²) in [7, 11) is 1.32. The molecule has 0 heterocycles. The fraction of sp³-hybridized carbons (Fsp3) is 0.615. The second kappa shape index (κ2) is 10.3. The molecule has 3 heteroatoms. The average molecular weight is 224 g/mol. The summed E-state index contributed by atoms with van der Waals surface area (Å²) in [4.78, 5) is 11.0. The van der Waals surface area contributed by atoms with E-state index in [4.69, 9.17) is 5.11 Å². The average Bonchev–Trinajstić information content (AvgIpc) is 2.28. The summed E-state index contributed by atoms with van der Waals surface area (Å²) in [6.45, 7) is 2.13. The second-order valence-electron chi connectivity index (χ2n) is 3.43. The van der Waals surface area contributed by atoms with Gasteiger partial charge in [-0.1, -0.05) is 31.6 Å². The summed E-state index contributed by atoms with van der Waals surface area (Å²) in [5.74, 6) is 5.47. The number of rotatable bonds is 6. The van der Waals surface area contributed by atoms with Gasteiger partial charge in [-0.2, -0.15) is 0 Å². The summed E-state index contributed by atoms with van der Waals surface area (Å²) >= 11 is 0. The Bertz CT molecular complexity index is 281. The number of carbonyl (C=O) groups is 1. The van der Waals surface area contributed by atoms with Crippen molar-refractivity contribution >= 4 is 5.97 Å². The Hall–Kier alpha value is -1.27. The lowest BCUT2D eigenvalue weighted by Crippen LogP contribution is -1.97. The molecule has 0 saturated heterocycles. The van der Waals surface area contributed by atoms with E-state index in [1.807, 2.05) is 0 Å². The molecule has 3 nitrogen and oxygen atoms in total. The molecule has 0 unspecified atom stereocenters. The molecule has 0 spiro atoms. The first kappa shape index (κ1) is 14.7. The summed E-state index contributed by atoms with van der Waals surface area (Å²) in [6, 6.07) is 0. The zero-order valence-corrected chi connectivity index (χ0v) is 10.1. The van der Waals surface area contributed by atoms with Crippen LogP contribution in [0.1, 0.15) is 39.0 Å². The van der Waals surface area contributed by atoms with Crippen molar-refractivity contribution in [3.63, 3.8) is 0 Å². The van der Waals surface area contributed by atoms with Crippen LogP contribution in [0.5, 0.6) is 0 Å². The number of aliphatic hydroxyl groups is 1. The van der Waals surface area contributed by atoms with Crippen molar-refractivity contribution in [3.05, 3.63) is 11.6 Å². The predicted octanol–water partition coefficient (Wildman–Crippen LogP) is 2.05. The zero-order valence-electron chi connectivity index (χ0n) is 10.1. The van der Waals surface area contributed by atoms with E-state index in [2.05, 4.69) is 23.5 Å². The normalized spacial score (nSPS) is 10.6. The fourth-order valence-electron chi connectivity index (χ4n) is 1.13. The maximum atomic E-state index is 11.0. The van der Waals surface area contributed by atoms with Crippen molar-refractivity contribution in [1.82, 2.24) is 0 Å². The van der Waals surface area contributed by atoms with E-state index in [0.29, 0.717) is 12.0 Å². The molecule has 0 aromatic carbocycles. The minimum absolute atomic E-state index is 0.00747. The Morgan fingerprint density at radius 3 is 2.75 bits per heavy atom. The van der Waals surface area contributed by atoms with Gasteiger partial charge in [0.25, 0.3) is 0 Å². The van der Waals surface area contributed by atoms with Gasteiger partial charge in [-0.05, 0) is 6.42 Å². The van der Waals surface area contributed by atoms with E-state index in [0.717, 1.165) is 12.8 Å². The van der Waals surface area contributed by atoms with E-state index >= 15 is 0 Å². The monoisotopic (exact) mass is 224 g/mol. The minimum Gasteiger partial charge on any atom is -0.466 e. The molecule has 0 fully saturated rings. The standard InChI is InChI=1S/C13H20O3/c1-3-4-5-6-7-8-12(9-10-14)11-13(15)16-2/h11,14H,3-6,9-10H2,1-2H3/b12-11-. The molecule has 0 saturated carbocycles. The van der Waals surface area contributed by atoms with Crippen molar-refractivity contribution in [2.24, 2.45) is 0 Å². The lowest BCUT2D eigenvalue weighted by Gasteiger charge is -1.96. The van der Waals surface area contributed by atoms with Crippen LogP contribution in [0.4, 0.5) is 0 Å². The third kappa shape index (κ3) is 8.07. The van der Waals surface area contributed by atoms with Crippen LogP contribution < -0.4 is 0 Å². The maximum Gasteiger partial charge on any atom is 0.331 e. The van der Waals surface area contributed by atoms with Gasteiger partial charge in [-0.25, -0.2) is 4.79 Å². The van der Waals surface area contributed by atoms with Gasteiger partial charge >= 0.3 is 5.97 Å². The smallest absolute Gasteiger partial charge is 0.331 e. The van der Waals surface area contributed by atoms with Crippen LogP contribution in [0.25, 0.3) is 0 Å². The molecule has 0 aliphatic heterocycles. The molecular formula is C13H20O3. The number of hydrogen-bond donors (Lipinski definition) is 1. The molecule has 0 rings (SSSR count). The molecule has 1 N–H and O–H groups in total. The van der Waals surface area contributed by atoms with Gasteiger partial charge in [0.1, 0.15) is 0 Å². The first-order chi connectivity index (χ1) is 7.74. The number of unbranched alkanes of at least 4 members (excludes halogenated alkanes) is 3. The highest BCUT2D eigenvalue weighted by Crippen LogP contribution is 2.01. The van der Waals surface area contributed by atoms with Gasteiger partial charge in [0, 0.05) is 31.1 Å². The first-order valence-corrected chi connectivity index (χ1v) is 5.62. The Kier molecular flexibility index (Phi) is 9.44. The Morgan fingerprint density at radius 1 is 1.44 bits per heavy atom. The van der Waals surface area contributed by atoms with Gasteiger partial charge in [-0.15, -0.1) is 0 Å². The Morgan fingerprint density at radius 2 is 2.19 bits per heavy atom. The molecule has 0 bridgehead atoms. The molecule has 0 aromatic rings. The van der Waals surface area contributed by atoms with Crippen molar-refractivity contribution in [2.45, 2.75) is 39.0 Å². The lowest BCUT2D eigenvalue weighted by molar-refractivity contribution is -0.134. The van der Waals surface area contributed by atoms with Crippen LogP contribution in [-0.2, 0) is 9.53 Å². The van der Waals surface area contributed by atoms with Gasteiger partial charge in [0.05, 0.1) is 7.11 Å². The minimum atomic E-state index is -0.425. The van der Waals surface area contributed by atoms with E-state index in [1.54, 1.807) is 0 Å². The van der Waals surface area contributed by atoms with E-state index in [-0.39, 0.29) is 6.61 Å². The van der Waals surface area contributed by atoms with Crippen LogP contribution in [0.15, 0.2) is 11.6 Å². The highest BCUT2D eigenvalue weighted by molar-refractivity contribution is 5.83. The van der Waals surface area contributed by atoms with Crippen LogP contribution in [0.2, 0.25) is 0 Å². The molecule has 0 aliphatic carbocycles. The van der Waals surface area contributed by atoms with Crippen molar-refractivity contribution < 1.29 is 14.6 Å². The second-order valence-corrected chi connectivity index (χ2v) is 3.43. The molecule has 0 radical (unpaired) electrons.